The van der Waals surface area contributed by atoms with Crippen LogP contribution in [0.25, 0.3) is 10.9 Å². The van der Waals surface area contributed by atoms with Gasteiger partial charge in [0.1, 0.15) is 0 Å². The Hall–Kier alpha value is -1.12. The van der Waals surface area contributed by atoms with Crippen LogP contribution in [0.3, 0.4) is 0 Å². The zero-order valence-corrected chi connectivity index (χ0v) is 17.5. The number of thiol groups is 2. The molecule has 1 rings (SSSR count). The molecule has 0 bridgehead atoms. The molecule has 0 spiro atoms. The summed E-state index contributed by atoms with van der Waals surface area (Å²) in [7, 11) is 3.42. The van der Waals surface area contributed by atoms with Crippen molar-refractivity contribution in [2.45, 2.75) is 6.92 Å². The Balaban J connectivity index is 0.00000441. The van der Waals surface area contributed by atoms with Crippen LogP contribution in [-0.4, -0.2) is 36.2 Å². The number of nitrogens with zero attached hydrogens (tertiary/aromatic N) is 4. The van der Waals surface area contributed by atoms with E-state index in [4.69, 9.17) is 0 Å². The summed E-state index contributed by atoms with van der Waals surface area (Å²) >= 11 is 8.18. The van der Waals surface area contributed by atoms with Gasteiger partial charge in [-0.25, -0.2) is 0 Å². The molecule has 0 aliphatic heterocycles. The summed E-state index contributed by atoms with van der Waals surface area (Å²) in [4.78, 5) is 0. The van der Waals surface area contributed by atoms with Crippen molar-refractivity contribution in [2.75, 3.05) is 14.1 Å². The van der Waals surface area contributed by atoms with Gasteiger partial charge < -0.3 is 21.1 Å². The van der Waals surface area contributed by atoms with Gasteiger partial charge in [0.2, 0.25) is 0 Å². The van der Waals surface area contributed by atoms with Crippen LogP contribution in [0.4, 0.5) is 0 Å². The van der Waals surface area contributed by atoms with Gasteiger partial charge in [-0.3, -0.25) is 10.6 Å². The molecule has 1 aromatic rings. The largest absolute Gasteiger partial charge is 0.515 e. The van der Waals surface area contributed by atoms with Crippen LogP contribution in [0.15, 0.2) is 34.5 Å². The zero-order valence-electron chi connectivity index (χ0n) is 12.8. The normalized spacial score (nSPS) is 11.0. The van der Waals surface area contributed by atoms with E-state index in [-0.39, 0.29) is 19.5 Å². The summed E-state index contributed by atoms with van der Waals surface area (Å²) in [6.45, 7) is 2.02. The predicted molar refractivity (Wildman–Crippen MR) is 98.6 cm³/mol. The average molecular weight is 388 g/mol. The van der Waals surface area contributed by atoms with E-state index in [1.54, 1.807) is 14.1 Å². The SMILES string of the molecule is CNC(=[SH+])[N-]N=CC(=N[N-]C(=[SH+])NC)c1ccc(C)cc1.[Zn]. The molecule has 114 valence electrons. The Bertz CT molecular complexity index is 556. The van der Waals surface area contributed by atoms with E-state index >= 15 is 0 Å². The van der Waals surface area contributed by atoms with Crippen molar-refractivity contribution in [2.24, 2.45) is 10.2 Å². The molecular weight excluding hydrogens is 370 g/mol. The number of aryl methyl sites for hydroxylation is 1. The average Bonchev–Trinajstić information content (AvgIpc) is 2.50. The van der Waals surface area contributed by atoms with Crippen LogP contribution >= 0.6 is 0 Å². The van der Waals surface area contributed by atoms with Gasteiger partial charge in [-0.1, -0.05) is 29.8 Å². The summed E-state index contributed by atoms with van der Waals surface area (Å²) < 4.78 is 0. The molecule has 2 N–H and O–H groups in total. The second kappa shape index (κ2) is 11.5. The van der Waals surface area contributed by atoms with Gasteiger partial charge in [-0.05, 0) is 26.6 Å². The Morgan fingerprint density at radius 3 is 2.14 bits per heavy atom. The minimum Gasteiger partial charge on any atom is -0.515 e. The quantitative estimate of drug-likeness (QED) is 0.198. The molecule has 0 unspecified atom stereocenters. The maximum Gasteiger partial charge on any atom is 0.186 e. The number of hydrogen-bond acceptors (Lipinski definition) is 2. The molecule has 0 aliphatic rings. The van der Waals surface area contributed by atoms with Gasteiger partial charge in [0.25, 0.3) is 0 Å². The van der Waals surface area contributed by atoms with Gasteiger partial charge in [0.05, 0.1) is 5.71 Å². The Morgan fingerprint density at radius 1 is 1.05 bits per heavy atom. The van der Waals surface area contributed by atoms with Crippen molar-refractivity contribution in [3.05, 3.63) is 46.2 Å². The molecule has 0 atom stereocenters. The van der Waals surface area contributed by atoms with Crippen molar-refractivity contribution < 1.29 is 19.5 Å². The fourth-order valence-electron chi connectivity index (χ4n) is 1.22. The maximum absolute atomic E-state index is 4.12. The van der Waals surface area contributed by atoms with Crippen molar-refractivity contribution in [3.8, 4) is 0 Å². The third kappa shape index (κ3) is 7.77. The number of nitrogens with one attached hydrogen (secondary N) is 2. The molecule has 1 aromatic carbocycles. The number of rotatable bonds is 4. The van der Waals surface area contributed by atoms with Gasteiger partial charge in [-0.2, -0.15) is 0 Å². The molecule has 0 aliphatic carbocycles. The molecule has 0 saturated heterocycles. The predicted octanol–water partition coefficient (Wildman–Crippen LogP) is 0.602. The first-order valence-electron chi connectivity index (χ1n) is 6.14. The summed E-state index contributed by atoms with van der Waals surface area (Å²) in [6.07, 6.45) is 1.51. The van der Waals surface area contributed by atoms with Crippen molar-refractivity contribution in [1.29, 1.82) is 0 Å². The van der Waals surface area contributed by atoms with Crippen molar-refractivity contribution in [1.82, 2.24) is 10.6 Å². The van der Waals surface area contributed by atoms with E-state index in [2.05, 4.69) is 56.1 Å². The standard InChI is InChI=1S/C13H18N6S2.Zn/c1-9-4-6-10(7-5-9)11(17-19-13(21)15-3)8-16-18-12(20)14-2;/h4-8H,1-3H3,(H4,14,15,16,17,18,19,20,21);. The van der Waals surface area contributed by atoms with Gasteiger partial charge >= 0.3 is 0 Å². The summed E-state index contributed by atoms with van der Waals surface area (Å²) in [5.41, 5.74) is 10.4. The summed E-state index contributed by atoms with van der Waals surface area (Å²) in [6, 6.07) is 7.86. The second-order valence-corrected chi connectivity index (χ2v) is 4.79. The van der Waals surface area contributed by atoms with Crippen LogP contribution in [0, 0.1) is 6.92 Å². The molecular formula is C13H18N6S2Zn. The van der Waals surface area contributed by atoms with E-state index in [0.717, 1.165) is 11.1 Å². The van der Waals surface area contributed by atoms with Gasteiger partial charge in [0.15, 0.2) is 34.7 Å². The van der Waals surface area contributed by atoms with E-state index in [0.29, 0.717) is 15.9 Å². The Labute approximate surface area is 154 Å². The smallest absolute Gasteiger partial charge is 0.186 e. The molecule has 9 heteroatoms. The van der Waals surface area contributed by atoms with Crippen LogP contribution in [0.1, 0.15) is 11.1 Å². The molecule has 0 heterocycles. The number of hydrogen-bond donors (Lipinski definition) is 2. The van der Waals surface area contributed by atoms with Crippen LogP contribution < -0.4 is 10.6 Å². The fraction of sp³-hybridized carbons (Fsp3) is 0.231. The molecule has 22 heavy (non-hydrogen) atoms. The first-order chi connectivity index (χ1) is 10.1. The third-order valence-corrected chi connectivity index (χ3v) is 3.01. The monoisotopic (exact) mass is 386 g/mol. The van der Waals surface area contributed by atoms with Crippen LogP contribution in [0.2, 0.25) is 0 Å². The van der Waals surface area contributed by atoms with Crippen LogP contribution in [-0.2, 0) is 43.9 Å². The first kappa shape index (κ1) is 20.9. The molecule has 0 radical (unpaired) electrons. The maximum atomic E-state index is 4.12. The van der Waals surface area contributed by atoms with Crippen molar-refractivity contribution in [3.63, 3.8) is 0 Å². The second-order valence-electron chi connectivity index (χ2n) is 3.94. The molecule has 6 nitrogen and oxygen atoms in total. The first-order valence-corrected chi connectivity index (χ1v) is 7.03. The van der Waals surface area contributed by atoms with E-state index in [1.165, 1.54) is 6.21 Å². The van der Waals surface area contributed by atoms with Gasteiger partial charge in [0, 0.05) is 25.7 Å². The summed E-state index contributed by atoms with van der Waals surface area (Å²) in [5.74, 6) is 0. The Morgan fingerprint density at radius 2 is 1.59 bits per heavy atom. The van der Waals surface area contributed by atoms with E-state index in [9.17, 15) is 0 Å². The van der Waals surface area contributed by atoms with E-state index < -0.39 is 0 Å². The zero-order chi connectivity index (χ0) is 15.7. The number of benzene rings is 1. The molecule has 0 aromatic heterocycles. The minimum absolute atomic E-state index is 0. The molecule has 0 saturated carbocycles. The molecule has 0 fully saturated rings. The van der Waals surface area contributed by atoms with Crippen LogP contribution in [0.5, 0.6) is 0 Å². The van der Waals surface area contributed by atoms with Crippen molar-refractivity contribution >= 4 is 46.6 Å². The van der Waals surface area contributed by atoms with E-state index in [1.807, 2.05) is 31.2 Å². The fourth-order valence-corrected chi connectivity index (χ4v) is 1.32. The topological polar surface area (TPSA) is 77.0 Å². The third-order valence-electron chi connectivity index (χ3n) is 2.38. The Kier molecular flexibility index (Phi) is 10.9. The minimum atomic E-state index is 0. The summed E-state index contributed by atoms with van der Waals surface area (Å²) in [5, 5.41) is 14.4. The molecule has 0 amide bonds. The van der Waals surface area contributed by atoms with Gasteiger partial charge in [-0.15, -0.1) is 0 Å².